The van der Waals surface area contributed by atoms with Crippen LogP contribution in [0.25, 0.3) is 0 Å². The standard InChI is InChI=1S/C21H26F2O6.C2H6O/c1-18-4-3-10(25)5-13(18)14(22)6-12-11-7-15(26)21(29,17(28)9-24)19(11,2)8-16(27)20(12,18)23;1-2-3/h3-5,11-12,14-16,24,26-27,29H,6-9H2,1-2H3;3H,2H2,1H3/t11-,12-,14-,15+,16-,18-,19-,20-,21-;/m0./s1. The summed E-state index contributed by atoms with van der Waals surface area (Å²) in [5.41, 5.74) is -7.76. The molecule has 0 unspecified atom stereocenters. The van der Waals surface area contributed by atoms with E-state index in [0.717, 1.165) is 12.2 Å². The number of aliphatic hydroxyl groups excluding tert-OH is 4. The summed E-state index contributed by atoms with van der Waals surface area (Å²) >= 11 is 0. The SMILES string of the molecule is CCO.C[C@]12C=CC(=O)C=C1[C@@H](F)C[C@H]1[C@@H]3C[C@@H](O)[C@](O)(C(=O)CO)[C@@]3(C)C[C@H](O)[C@@]12F. The van der Waals surface area contributed by atoms with Crippen LogP contribution in [0.2, 0.25) is 0 Å². The van der Waals surface area contributed by atoms with Gasteiger partial charge < -0.3 is 25.5 Å². The molecule has 4 aliphatic rings. The predicted octanol–water partition coefficient (Wildman–Crippen LogP) is 0.567. The van der Waals surface area contributed by atoms with E-state index in [1.807, 2.05) is 0 Å². The number of ketones is 2. The van der Waals surface area contributed by atoms with Crippen molar-refractivity contribution in [1.29, 1.82) is 0 Å². The minimum absolute atomic E-state index is 0.0216. The molecular formula is C23H32F2O7. The summed E-state index contributed by atoms with van der Waals surface area (Å²) in [7, 11) is 0. The molecule has 0 aromatic carbocycles. The van der Waals surface area contributed by atoms with Gasteiger partial charge >= 0.3 is 0 Å². The highest BCUT2D eigenvalue weighted by Gasteiger charge is 2.77. The predicted molar refractivity (Wildman–Crippen MR) is 110 cm³/mol. The molecule has 0 aromatic rings. The second kappa shape index (κ2) is 8.06. The number of carbonyl (C=O) groups excluding carboxylic acids is 2. The van der Waals surface area contributed by atoms with Crippen LogP contribution < -0.4 is 0 Å². The molecule has 9 heteroatoms. The van der Waals surface area contributed by atoms with Gasteiger partial charge in [-0.05, 0) is 56.8 Å². The van der Waals surface area contributed by atoms with Crippen molar-refractivity contribution < 1.29 is 43.9 Å². The molecule has 3 saturated carbocycles. The summed E-state index contributed by atoms with van der Waals surface area (Å²) < 4.78 is 32.0. The van der Waals surface area contributed by atoms with E-state index in [-0.39, 0.29) is 31.4 Å². The van der Waals surface area contributed by atoms with Crippen LogP contribution in [0, 0.1) is 22.7 Å². The Labute approximate surface area is 185 Å². The van der Waals surface area contributed by atoms with Gasteiger partial charge in [-0.15, -0.1) is 0 Å². The Kier molecular flexibility index (Phi) is 6.32. The van der Waals surface area contributed by atoms with Crippen LogP contribution in [0.1, 0.15) is 40.0 Å². The van der Waals surface area contributed by atoms with Gasteiger partial charge in [0.05, 0.1) is 12.2 Å². The van der Waals surface area contributed by atoms with E-state index in [1.165, 1.54) is 19.9 Å². The Hall–Kier alpha value is -1.52. The van der Waals surface area contributed by atoms with Crippen LogP contribution in [-0.4, -0.2) is 80.0 Å². The first-order chi connectivity index (χ1) is 14.8. The number of fused-ring (bicyclic) bond motifs is 5. The van der Waals surface area contributed by atoms with Crippen molar-refractivity contribution in [3.05, 3.63) is 23.8 Å². The van der Waals surface area contributed by atoms with Gasteiger partial charge in [0.1, 0.15) is 12.8 Å². The van der Waals surface area contributed by atoms with Crippen molar-refractivity contribution in [3.63, 3.8) is 0 Å². The Balaban J connectivity index is 0.000000913. The molecule has 4 rings (SSSR count). The maximum absolute atomic E-state index is 16.8. The van der Waals surface area contributed by atoms with E-state index in [1.54, 1.807) is 6.92 Å². The molecule has 9 atom stereocenters. The minimum atomic E-state index is -2.37. The van der Waals surface area contributed by atoms with Gasteiger partial charge in [-0.25, -0.2) is 8.78 Å². The van der Waals surface area contributed by atoms with Crippen LogP contribution in [0.4, 0.5) is 8.78 Å². The third kappa shape index (κ3) is 2.94. The quantitative estimate of drug-likeness (QED) is 0.408. The molecule has 180 valence electrons. The topological polar surface area (TPSA) is 135 Å². The van der Waals surface area contributed by atoms with Gasteiger partial charge in [-0.1, -0.05) is 13.0 Å². The van der Waals surface area contributed by atoms with E-state index in [0.29, 0.717) is 0 Å². The van der Waals surface area contributed by atoms with Crippen LogP contribution in [0.5, 0.6) is 0 Å². The fourth-order valence-corrected chi connectivity index (χ4v) is 6.84. The number of allylic oxidation sites excluding steroid dienone is 4. The number of alkyl halides is 2. The van der Waals surface area contributed by atoms with Crippen molar-refractivity contribution in [2.45, 2.75) is 69.7 Å². The molecule has 0 bridgehead atoms. The van der Waals surface area contributed by atoms with Gasteiger partial charge in [-0.2, -0.15) is 0 Å². The summed E-state index contributed by atoms with van der Waals surface area (Å²) in [6.07, 6.45) is -2.21. The Bertz CT molecular complexity index is 859. The number of carbonyl (C=O) groups is 2. The number of rotatable bonds is 2. The first-order valence-electron chi connectivity index (χ1n) is 10.9. The van der Waals surface area contributed by atoms with Crippen LogP contribution in [0.3, 0.4) is 0 Å². The minimum Gasteiger partial charge on any atom is -0.397 e. The largest absolute Gasteiger partial charge is 0.397 e. The summed E-state index contributed by atoms with van der Waals surface area (Å²) in [4.78, 5) is 24.2. The maximum atomic E-state index is 16.8. The van der Waals surface area contributed by atoms with Crippen LogP contribution >= 0.6 is 0 Å². The zero-order valence-corrected chi connectivity index (χ0v) is 18.5. The second-order valence-corrected chi connectivity index (χ2v) is 9.77. The molecular weight excluding hydrogens is 426 g/mol. The Morgan fingerprint density at radius 3 is 2.31 bits per heavy atom. The molecule has 0 spiro atoms. The zero-order valence-electron chi connectivity index (χ0n) is 18.5. The zero-order chi connectivity index (χ0) is 24.3. The van der Waals surface area contributed by atoms with Crippen molar-refractivity contribution in [2.75, 3.05) is 13.2 Å². The smallest absolute Gasteiger partial charge is 0.192 e. The summed E-state index contributed by atoms with van der Waals surface area (Å²) in [5, 5.41) is 49.6. The maximum Gasteiger partial charge on any atom is 0.192 e. The molecule has 0 radical (unpaired) electrons. The van der Waals surface area contributed by atoms with Crippen LogP contribution in [-0.2, 0) is 9.59 Å². The summed E-state index contributed by atoms with van der Waals surface area (Å²) in [5.74, 6) is -3.37. The number of Topliss-reactive ketones (excluding diaryl/α,β-unsaturated/α-hetero) is 1. The average Bonchev–Trinajstić information content (AvgIpc) is 2.93. The summed E-state index contributed by atoms with van der Waals surface area (Å²) in [6, 6.07) is 0. The Morgan fingerprint density at radius 1 is 1.16 bits per heavy atom. The first kappa shape index (κ1) is 25.1. The molecule has 3 fully saturated rings. The van der Waals surface area contributed by atoms with E-state index in [2.05, 4.69) is 0 Å². The number of hydrogen-bond donors (Lipinski definition) is 5. The summed E-state index contributed by atoms with van der Waals surface area (Å²) in [6.45, 7) is 3.84. The van der Waals surface area contributed by atoms with Crippen LogP contribution in [0.15, 0.2) is 23.8 Å². The van der Waals surface area contributed by atoms with Gasteiger partial charge in [0.25, 0.3) is 0 Å². The average molecular weight is 458 g/mol. The van der Waals surface area contributed by atoms with Crippen molar-refractivity contribution >= 4 is 11.6 Å². The third-order valence-electron chi connectivity index (χ3n) is 8.42. The molecule has 0 aromatic heterocycles. The monoisotopic (exact) mass is 458 g/mol. The second-order valence-electron chi connectivity index (χ2n) is 9.77. The molecule has 0 saturated heterocycles. The van der Waals surface area contributed by atoms with Gasteiger partial charge in [-0.3, -0.25) is 9.59 Å². The lowest BCUT2D eigenvalue weighted by Crippen LogP contribution is -2.70. The highest BCUT2D eigenvalue weighted by molar-refractivity contribution is 6.01. The lowest BCUT2D eigenvalue weighted by Gasteiger charge is -2.62. The van der Waals surface area contributed by atoms with Gasteiger partial charge in [0, 0.05) is 23.4 Å². The molecule has 5 N–H and O–H groups in total. The van der Waals surface area contributed by atoms with E-state index in [4.69, 9.17) is 5.11 Å². The molecule has 0 heterocycles. The molecule has 32 heavy (non-hydrogen) atoms. The number of aliphatic hydroxyl groups is 5. The van der Waals surface area contributed by atoms with E-state index in [9.17, 15) is 30.0 Å². The highest BCUT2D eigenvalue weighted by Crippen LogP contribution is 2.69. The third-order valence-corrected chi connectivity index (χ3v) is 8.42. The lowest BCUT2D eigenvalue weighted by molar-refractivity contribution is -0.226. The fourth-order valence-electron chi connectivity index (χ4n) is 6.84. The first-order valence-corrected chi connectivity index (χ1v) is 10.9. The normalized spacial score (nSPS) is 49.2. The van der Waals surface area contributed by atoms with Crippen molar-refractivity contribution in [3.8, 4) is 0 Å². The van der Waals surface area contributed by atoms with Crippen molar-refractivity contribution in [2.24, 2.45) is 22.7 Å². The van der Waals surface area contributed by atoms with E-state index >= 15 is 8.78 Å². The Morgan fingerprint density at radius 2 is 1.75 bits per heavy atom. The van der Waals surface area contributed by atoms with Gasteiger partial charge in [0.15, 0.2) is 22.8 Å². The lowest BCUT2D eigenvalue weighted by atomic mass is 9.44. The number of halogens is 2. The molecule has 0 amide bonds. The fraction of sp³-hybridized carbons (Fsp3) is 0.739. The highest BCUT2D eigenvalue weighted by atomic mass is 19.1. The molecule has 7 nitrogen and oxygen atoms in total. The van der Waals surface area contributed by atoms with Crippen molar-refractivity contribution in [1.82, 2.24) is 0 Å². The molecule has 4 aliphatic carbocycles. The van der Waals surface area contributed by atoms with E-state index < -0.39 is 70.5 Å². The van der Waals surface area contributed by atoms with Gasteiger partial charge in [0.2, 0.25) is 0 Å². The molecule has 0 aliphatic heterocycles. The number of hydrogen-bond acceptors (Lipinski definition) is 7.